The Kier molecular flexibility index (Phi) is 5.54. The third kappa shape index (κ3) is 3.89. The predicted molar refractivity (Wildman–Crippen MR) is 186 cm³/mol. The minimum atomic E-state index is 0.877. The van der Waals surface area contributed by atoms with E-state index in [4.69, 9.17) is 4.42 Å². The van der Waals surface area contributed by atoms with E-state index < -0.39 is 0 Å². The Hall–Kier alpha value is -5.86. The van der Waals surface area contributed by atoms with Gasteiger partial charge in [0.1, 0.15) is 11.2 Å². The summed E-state index contributed by atoms with van der Waals surface area (Å²) in [6.45, 7) is 0. The second-order valence-corrected chi connectivity index (χ2v) is 11.4. The van der Waals surface area contributed by atoms with Gasteiger partial charge in [0, 0.05) is 22.0 Å². The van der Waals surface area contributed by atoms with E-state index in [9.17, 15) is 0 Å². The fourth-order valence-corrected chi connectivity index (χ4v) is 6.73. The van der Waals surface area contributed by atoms with E-state index in [1.54, 1.807) is 0 Å². The summed E-state index contributed by atoms with van der Waals surface area (Å²) in [6, 6.07) is 58.7. The van der Waals surface area contributed by atoms with Crippen LogP contribution >= 0.6 is 0 Å². The van der Waals surface area contributed by atoms with Gasteiger partial charge in [-0.25, -0.2) is 0 Å². The lowest BCUT2D eigenvalue weighted by molar-refractivity contribution is 0.669. The third-order valence-electron chi connectivity index (χ3n) is 8.80. The van der Waals surface area contributed by atoms with Gasteiger partial charge in [0.15, 0.2) is 0 Å². The smallest absolute Gasteiger partial charge is 0.137 e. The van der Waals surface area contributed by atoms with Crippen molar-refractivity contribution in [2.75, 3.05) is 4.90 Å². The Bertz CT molecular complexity index is 2520. The van der Waals surface area contributed by atoms with Crippen LogP contribution in [0.1, 0.15) is 0 Å². The lowest BCUT2D eigenvalue weighted by Gasteiger charge is -2.30. The van der Waals surface area contributed by atoms with Gasteiger partial charge in [0.25, 0.3) is 0 Å². The Morgan fingerprint density at radius 3 is 1.84 bits per heavy atom. The number of rotatable bonds is 4. The molecule has 0 atom stereocenters. The number of hydrogen-bond acceptors (Lipinski definition) is 2. The van der Waals surface area contributed by atoms with Crippen molar-refractivity contribution < 1.29 is 4.42 Å². The standard InChI is InChI=1S/C42H27NO/c1-3-13-31-26-33(21-20-28(31)10-1)36-25-23-30-12-5-6-15-35(30)42(36)43(34-24-22-29-11-2-4-14-32(29)27-34)38-17-9-19-40-41(38)37-16-7-8-18-39(37)44-40/h1-27H. The Labute approximate surface area is 255 Å². The lowest BCUT2D eigenvalue weighted by Crippen LogP contribution is -2.12. The van der Waals surface area contributed by atoms with E-state index >= 15 is 0 Å². The molecule has 0 amide bonds. The zero-order chi connectivity index (χ0) is 29.0. The quantitative estimate of drug-likeness (QED) is 0.212. The van der Waals surface area contributed by atoms with E-state index in [1.807, 2.05) is 6.07 Å². The van der Waals surface area contributed by atoms with Crippen LogP contribution < -0.4 is 4.90 Å². The first-order valence-electron chi connectivity index (χ1n) is 15.0. The number of fused-ring (bicyclic) bond motifs is 6. The van der Waals surface area contributed by atoms with Crippen molar-refractivity contribution in [3.05, 3.63) is 164 Å². The molecule has 9 aromatic rings. The fourth-order valence-electron chi connectivity index (χ4n) is 6.73. The Balaban J connectivity index is 1.43. The van der Waals surface area contributed by atoms with Gasteiger partial charge in [-0.3, -0.25) is 0 Å². The van der Waals surface area contributed by atoms with Gasteiger partial charge in [0.05, 0.1) is 16.8 Å². The van der Waals surface area contributed by atoms with Crippen molar-refractivity contribution in [2.45, 2.75) is 0 Å². The van der Waals surface area contributed by atoms with Gasteiger partial charge in [-0.1, -0.05) is 127 Å². The highest BCUT2D eigenvalue weighted by molar-refractivity contribution is 6.16. The van der Waals surface area contributed by atoms with Crippen LogP contribution in [0.3, 0.4) is 0 Å². The van der Waals surface area contributed by atoms with Crippen molar-refractivity contribution >= 4 is 71.3 Å². The molecule has 0 saturated heterocycles. The fraction of sp³-hybridized carbons (Fsp3) is 0. The maximum absolute atomic E-state index is 6.41. The molecule has 0 unspecified atom stereocenters. The van der Waals surface area contributed by atoms with Gasteiger partial charge in [-0.2, -0.15) is 0 Å². The van der Waals surface area contributed by atoms with Crippen LogP contribution in [0, 0.1) is 0 Å². The number of hydrogen-bond donors (Lipinski definition) is 0. The van der Waals surface area contributed by atoms with Crippen molar-refractivity contribution in [2.24, 2.45) is 0 Å². The zero-order valence-electron chi connectivity index (χ0n) is 23.9. The van der Waals surface area contributed by atoms with E-state index in [0.717, 1.165) is 39.0 Å². The van der Waals surface area contributed by atoms with Crippen LogP contribution in [0.5, 0.6) is 0 Å². The Morgan fingerprint density at radius 1 is 0.409 bits per heavy atom. The number of furan rings is 1. The van der Waals surface area contributed by atoms with Crippen LogP contribution in [0.2, 0.25) is 0 Å². The summed E-state index contributed by atoms with van der Waals surface area (Å²) in [6.07, 6.45) is 0. The highest BCUT2D eigenvalue weighted by Crippen LogP contribution is 2.49. The number of anilines is 3. The average molecular weight is 562 g/mol. The molecule has 2 nitrogen and oxygen atoms in total. The first-order valence-corrected chi connectivity index (χ1v) is 15.0. The van der Waals surface area contributed by atoms with Gasteiger partial charge in [-0.05, 0) is 68.9 Å². The maximum atomic E-state index is 6.41. The Morgan fingerprint density at radius 2 is 1.02 bits per heavy atom. The predicted octanol–water partition coefficient (Wildman–Crippen LogP) is 12.2. The lowest BCUT2D eigenvalue weighted by atomic mass is 9.94. The second-order valence-electron chi connectivity index (χ2n) is 11.4. The largest absolute Gasteiger partial charge is 0.456 e. The van der Waals surface area contributed by atoms with Gasteiger partial charge in [0.2, 0.25) is 0 Å². The summed E-state index contributed by atoms with van der Waals surface area (Å²) < 4.78 is 6.41. The minimum Gasteiger partial charge on any atom is -0.456 e. The number of benzene rings is 8. The van der Waals surface area contributed by atoms with Gasteiger partial charge < -0.3 is 9.32 Å². The van der Waals surface area contributed by atoms with Crippen LogP contribution in [-0.2, 0) is 0 Å². The van der Waals surface area contributed by atoms with Crippen molar-refractivity contribution in [3.8, 4) is 11.1 Å². The molecule has 0 aliphatic heterocycles. The molecule has 8 aromatic carbocycles. The minimum absolute atomic E-state index is 0.877. The molecular weight excluding hydrogens is 534 g/mol. The topological polar surface area (TPSA) is 16.4 Å². The SMILES string of the molecule is c1ccc2cc(-c3ccc4ccccc4c3N(c3ccc4ccccc4c3)c3cccc4oc5ccccc5c34)ccc2c1. The molecule has 2 heteroatoms. The van der Waals surface area contributed by atoms with Gasteiger partial charge in [-0.15, -0.1) is 0 Å². The molecule has 0 N–H and O–H groups in total. The van der Waals surface area contributed by atoms with E-state index in [0.29, 0.717) is 0 Å². The highest BCUT2D eigenvalue weighted by Gasteiger charge is 2.24. The summed E-state index contributed by atoms with van der Waals surface area (Å²) >= 11 is 0. The van der Waals surface area contributed by atoms with Gasteiger partial charge >= 0.3 is 0 Å². The second kappa shape index (κ2) is 9.86. The molecule has 1 aromatic heterocycles. The molecule has 0 fully saturated rings. The van der Waals surface area contributed by atoms with Crippen molar-refractivity contribution in [3.63, 3.8) is 0 Å². The highest BCUT2D eigenvalue weighted by atomic mass is 16.3. The van der Waals surface area contributed by atoms with Crippen LogP contribution in [0.15, 0.2) is 168 Å². The van der Waals surface area contributed by atoms with Crippen LogP contribution in [0.4, 0.5) is 17.1 Å². The molecule has 0 aliphatic rings. The zero-order valence-corrected chi connectivity index (χ0v) is 23.9. The molecular formula is C42H27NO. The average Bonchev–Trinajstić information content (AvgIpc) is 3.48. The molecule has 0 spiro atoms. The van der Waals surface area contributed by atoms with Crippen LogP contribution in [0.25, 0.3) is 65.4 Å². The molecule has 0 aliphatic carbocycles. The summed E-state index contributed by atoms with van der Waals surface area (Å²) in [5, 5.41) is 9.48. The first kappa shape index (κ1) is 24.7. The molecule has 0 saturated carbocycles. The van der Waals surface area contributed by atoms with Crippen molar-refractivity contribution in [1.29, 1.82) is 0 Å². The normalized spacial score (nSPS) is 11.6. The number of para-hydroxylation sites is 1. The van der Waals surface area contributed by atoms with Crippen LogP contribution in [-0.4, -0.2) is 0 Å². The van der Waals surface area contributed by atoms with E-state index in [1.165, 1.54) is 43.4 Å². The summed E-state index contributed by atoms with van der Waals surface area (Å²) in [7, 11) is 0. The molecule has 0 bridgehead atoms. The van der Waals surface area contributed by atoms with E-state index in [-0.39, 0.29) is 0 Å². The molecule has 0 radical (unpaired) electrons. The third-order valence-corrected chi connectivity index (χ3v) is 8.80. The number of nitrogens with zero attached hydrogens (tertiary/aromatic N) is 1. The van der Waals surface area contributed by atoms with E-state index in [2.05, 4.69) is 163 Å². The summed E-state index contributed by atoms with van der Waals surface area (Å²) in [5.74, 6) is 0. The summed E-state index contributed by atoms with van der Waals surface area (Å²) in [4.78, 5) is 2.45. The molecule has 9 rings (SSSR count). The maximum Gasteiger partial charge on any atom is 0.137 e. The first-order chi connectivity index (χ1) is 21.8. The van der Waals surface area contributed by atoms with Crippen molar-refractivity contribution in [1.82, 2.24) is 0 Å². The monoisotopic (exact) mass is 561 g/mol. The molecule has 44 heavy (non-hydrogen) atoms. The molecule has 206 valence electrons. The summed E-state index contributed by atoms with van der Waals surface area (Å²) in [5.41, 5.74) is 7.45. The molecule has 1 heterocycles.